The molecule has 1 aliphatic carbocycles. The first kappa shape index (κ1) is 22.6. The average Bonchev–Trinajstić information content (AvgIpc) is 3.19. The van der Waals surface area contributed by atoms with Crippen molar-refractivity contribution in [1.29, 1.82) is 0 Å². The molecule has 0 atom stereocenters. The Labute approximate surface area is 217 Å². The highest BCUT2D eigenvalue weighted by atomic mass is 16.5. The fourth-order valence-electron chi connectivity index (χ4n) is 5.94. The van der Waals surface area contributed by atoms with Crippen molar-refractivity contribution in [2.24, 2.45) is 11.8 Å². The number of fused-ring (bicyclic) bond motifs is 3. The van der Waals surface area contributed by atoms with Gasteiger partial charge in [-0.15, -0.1) is 0 Å². The molecule has 0 amide bonds. The molecule has 0 spiro atoms. The van der Waals surface area contributed by atoms with Crippen LogP contribution in [0.3, 0.4) is 0 Å². The van der Waals surface area contributed by atoms with E-state index in [1.807, 2.05) is 0 Å². The molecule has 4 aromatic rings. The van der Waals surface area contributed by atoms with E-state index in [1.165, 1.54) is 22.3 Å². The maximum atomic E-state index is 6.56. The van der Waals surface area contributed by atoms with Gasteiger partial charge in [0.05, 0.1) is 45.1 Å². The number of ether oxygens (including phenoxy) is 4. The largest absolute Gasteiger partial charge is 0.493 e. The maximum absolute atomic E-state index is 6.56. The lowest BCUT2D eigenvalue weighted by atomic mass is 9.67. The van der Waals surface area contributed by atoms with Crippen molar-refractivity contribution >= 4 is 0 Å². The summed E-state index contributed by atoms with van der Waals surface area (Å²) in [7, 11) is 0. The summed E-state index contributed by atoms with van der Waals surface area (Å²) in [5.74, 6) is 2.69. The van der Waals surface area contributed by atoms with E-state index in [-0.39, 0.29) is 0 Å². The predicted octanol–water partition coefficient (Wildman–Crippen LogP) is 6.10. The fraction of sp³-hybridized carbons (Fsp3) is 0.273. The molecular weight excluding hydrogens is 460 g/mol. The first-order valence-corrected chi connectivity index (χ1v) is 13.1. The van der Waals surface area contributed by atoms with Gasteiger partial charge in [-0.1, -0.05) is 84.9 Å². The topological polar surface area (TPSA) is 36.9 Å². The van der Waals surface area contributed by atoms with E-state index in [9.17, 15) is 0 Å². The molecule has 4 nitrogen and oxygen atoms in total. The molecular formula is C33H30O4. The molecule has 186 valence electrons. The summed E-state index contributed by atoms with van der Waals surface area (Å²) in [6.07, 6.45) is 0. The molecule has 2 saturated heterocycles. The van der Waals surface area contributed by atoms with E-state index in [0.717, 1.165) is 49.1 Å². The Morgan fingerprint density at radius 2 is 0.892 bits per heavy atom. The van der Waals surface area contributed by atoms with Crippen LogP contribution in [0.1, 0.15) is 22.3 Å². The van der Waals surface area contributed by atoms with Crippen molar-refractivity contribution in [1.82, 2.24) is 0 Å². The summed E-state index contributed by atoms with van der Waals surface area (Å²) in [6.45, 7) is 4.36. The van der Waals surface area contributed by atoms with Crippen molar-refractivity contribution in [2.45, 2.75) is 5.41 Å². The Morgan fingerprint density at radius 1 is 0.514 bits per heavy atom. The second kappa shape index (κ2) is 9.37. The van der Waals surface area contributed by atoms with Gasteiger partial charge in [0.15, 0.2) is 0 Å². The zero-order chi connectivity index (χ0) is 24.7. The van der Waals surface area contributed by atoms with Gasteiger partial charge in [-0.2, -0.15) is 0 Å². The standard InChI is InChI=1S/C33H30O4/c1-3-11-27-25(9-1)26-10-2-4-12-28(26)33(27,29-13-5-7-15-31(29)36-21-23-17-34-18-23)30-14-6-8-16-32(30)37-22-24-19-35-20-24/h1-16,23-24H,17-22H2. The molecule has 2 heterocycles. The lowest BCUT2D eigenvalue weighted by molar-refractivity contribution is -0.0511. The molecule has 0 unspecified atom stereocenters. The monoisotopic (exact) mass is 490 g/mol. The molecule has 4 heteroatoms. The first-order chi connectivity index (χ1) is 18.4. The Morgan fingerprint density at radius 3 is 1.30 bits per heavy atom. The normalized spacial score (nSPS) is 17.8. The van der Waals surface area contributed by atoms with Crippen molar-refractivity contribution in [2.75, 3.05) is 39.6 Å². The van der Waals surface area contributed by atoms with Gasteiger partial charge in [0, 0.05) is 23.0 Å². The third kappa shape index (κ3) is 3.66. The van der Waals surface area contributed by atoms with Crippen LogP contribution in [-0.4, -0.2) is 39.6 Å². The van der Waals surface area contributed by atoms with Crippen LogP contribution < -0.4 is 9.47 Å². The molecule has 2 fully saturated rings. The van der Waals surface area contributed by atoms with Crippen LogP contribution >= 0.6 is 0 Å². The minimum Gasteiger partial charge on any atom is -0.493 e. The van der Waals surface area contributed by atoms with Crippen molar-refractivity contribution in [3.63, 3.8) is 0 Å². The van der Waals surface area contributed by atoms with Crippen molar-refractivity contribution < 1.29 is 18.9 Å². The fourth-order valence-corrected chi connectivity index (χ4v) is 5.94. The minimum absolute atomic E-state index is 0.437. The Hall–Kier alpha value is -3.60. The van der Waals surface area contributed by atoms with Gasteiger partial charge in [0.1, 0.15) is 11.5 Å². The van der Waals surface area contributed by atoms with E-state index < -0.39 is 5.41 Å². The molecule has 0 N–H and O–H groups in total. The molecule has 0 aromatic heterocycles. The summed E-state index contributed by atoms with van der Waals surface area (Å²) < 4.78 is 23.9. The van der Waals surface area contributed by atoms with E-state index in [2.05, 4.69) is 97.1 Å². The van der Waals surface area contributed by atoms with Crippen LogP contribution in [0.2, 0.25) is 0 Å². The second-order valence-corrected chi connectivity index (χ2v) is 10.3. The Balaban J connectivity index is 1.46. The average molecular weight is 491 g/mol. The SMILES string of the molecule is c1ccc(C2(c3ccccc3OCC3COC3)c3ccccc3-c3ccccc32)c(OCC2COC2)c1. The molecule has 0 saturated carbocycles. The molecule has 2 aliphatic heterocycles. The number of rotatable bonds is 8. The lowest BCUT2D eigenvalue weighted by Gasteiger charge is -2.37. The summed E-state index contributed by atoms with van der Waals surface area (Å²) in [4.78, 5) is 0. The van der Waals surface area contributed by atoms with Crippen molar-refractivity contribution in [3.8, 4) is 22.6 Å². The van der Waals surface area contributed by atoms with Gasteiger partial charge in [0.2, 0.25) is 0 Å². The zero-order valence-corrected chi connectivity index (χ0v) is 20.8. The van der Waals surface area contributed by atoms with Gasteiger partial charge < -0.3 is 18.9 Å². The highest BCUT2D eigenvalue weighted by molar-refractivity contribution is 5.87. The van der Waals surface area contributed by atoms with Gasteiger partial charge in [0.25, 0.3) is 0 Å². The molecule has 0 bridgehead atoms. The van der Waals surface area contributed by atoms with E-state index in [1.54, 1.807) is 0 Å². The highest BCUT2D eigenvalue weighted by Crippen LogP contribution is 2.59. The summed E-state index contributed by atoms with van der Waals surface area (Å²) in [5, 5.41) is 0. The van der Waals surface area contributed by atoms with Crippen molar-refractivity contribution in [3.05, 3.63) is 119 Å². The second-order valence-electron chi connectivity index (χ2n) is 10.3. The van der Waals surface area contributed by atoms with Crippen LogP contribution in [-0.2, 0) is 14.9 Å². The summed E-state index contributed by atoms with van der Waals surface area (Å²) in [6, 6.07) is 34.6. The van der Waals surface area contributed by atoms with Crippen LogP contribution in [0.15, 0.2) is 97.1 Å². The third-order valence-electron chi connectivity index (χ3n) is 7.90. The van der Waals surface area contributed by atoms with Gasteiger partial charge in [-0.25, -0.2) is 0 Å². The lowest BCUT2D eigenvalue weighted by Crippen LogP contribution is -2.35. The van der Waals surface area contributed by atoms with Crippen LogP contribution in [0.25, 0.3) is 11.1 Å². The molecule has 4 aromatic carbocycles. The smallest absolute Gasteiger partial charge is 0.124 e. The van der Waals surface area contributed by atoms with Gasteiger partial charge in [-0.3, -0.25) is 0 Å². The van der Waals surface area contributed by atoms with Gasteiger partial charge >= 0.3 is 0 Å². The minimum atomic E-state index is -0.577. The third-order valence-corrected chi connectivity index (χ3v) is 7.90. The van der Waals surface area contributed by atoms with E-state index in [0.29, 0.717) is 25.0 Å². The maximum Gasteiger partial charge on any atom is 0.124 e. The Kier molecular flexibility index (Phi) is 5.72. The molecule has 3 aliphatic rings. The predicted molar refractivity (Wildman–Crippen MR) is 143 cm³/mol. The van der Waals surface area contributed by atoms with E-state index in [4.69, 9.17) is 18.9 Å². The highest BCUT2D eigenvalue weighted by Gasteiger charge is 2.49. The van der Waals surface area contributed by atoms with Crippen LogP contribution in [0.5, 0.6) is 11.5 Å². The first-order valence-electron chi connectivity index (χ1n) is 13.1. The molecule has 0 radical (unpaired) electrons. The van der Waals surface area contributed by atoms with E-state index >= 15 is 0 Å². The zero-order valence-electron chi connectivity index (χ0n) is 20.8. The number of hydrogen-bond acceptors (Lipinski definition) is 4. The quantitative estimate of drug-likeness (QED) is 0.263. The number of benzene rings is 4. The Bertz CT molecular complexity index is 1310. The number of para-hydroxylation sites is 2. The number of hydrogen-bond donors (Lipinski definition) is 0. The van der Waals surface area contributed by atoms with Gasteiger partial charge in [-0.05, 0) is 34.4 Å². The molecule has 7 rings (SSSR count). The van der Waals surface area contributed by atoms with Crippen LogP contribution in [0, 0.1) is 11.8 Å². The molecule has 37 heavy (non-hydrogen) atoms. The van der Waals surface area contributed by atoms with Crippen LogP contribution in [0.4, 0.5) is 0 Å². The summed E-state index contributed by atoms with van der Waals surface area (Å²) in [5.41, 5.74) is 6.70. The summed E-state index contributed by atoms with van der Waals surface area (Å²) >= 11 is 0.